The van der Waals surface area contributed by atoms with Crippen LogP contribution < -0.4 is 5.32 Å². The predicted molar refractivity (Wildman–Crippen MR) is 66.2 cm³/mol. The fourth-order valence-electron chi connectivity index (χ4n) is 1.42. The largest absolute Gasteiger partial charge is 0.470 e. The van der Waals surface area contributed by atoms with Crippen molar-refractivity contribution in [1.29, 1.82) is 0 Å². The summed E-state index contributed by atoms with van der Waals surface area (Å²) in [6, 6.07) is -0.872. The molecule has 0 aliphatic rings. The number of ether oxygens (including phenoxy) is 1. The first kappa shape index (κ1) is 17.3. The lowest BCUT2D eigenvalue weighted by Crippen LogP contribution is -2.37. The molecule has 0 bridgehead atoms. The number of aromatic nitrogens is 2. The van der Waals surface area contributed by atoms with E-state index in [4.69, 9.17) is 4.74 Å². The van der Waals surface area contributed by atoms with Crippen molar-refractivity contribution in [3.8, 4) is 0 Å². The molecule has 0 aromatic carbocycles. The maximum absolute atomic E-state index is 12.4. The number of amides is 1. The molecule has 0 saturated carbocycles. The molecule has 1 aromatic heterocycles. The molecule has 6 nitrogen and oxygen atoms in total. The van der Waals surface area contributed by atoms with Crippen LogP contribution in [0.1, 0.15) is 52.4 Å². The summed E-state index contributed by atoms with van der Waals surface area (Å²) in [6.45, 7) is 8.40. The van der Waals surface area contributed by atoms with E-state index in [1.807, 2.05) is 0 Å². The SMILES string of the molecule is CC(C)[C@H](NC(=O)OC(C)(C)C)c1nnc(C(F)(F)F)o1. The quantitative estimate of drug-likeness (QED) is 0.927. The maximum atomic E-state index is 12.4. The van der Waals surface area contributed by atoms with Crippen LogP contribution in [-0.2, 0) is 10.9 Å². The Balaban J connectivity index is 2.88. The topological polar surface area (TPSA) is 77.2 Å². The Labute approximate surface area is 120 Å². The Kier molecular flexibility index (Phi) is 4.85. The number of nitrogens with one attached hydrogen (secondary N) is 1. The smallest absolute Gasteiger partial charge is 0.444 e. The van der Waals surface area contributed by atoms with Gasteiger partial charge in [-0.3, -0.25) is 0 Å². The van der Waals surface area contributed by atoms with Crippen LogP contribution in [0.2, 0.25) is 0 Å². The molecule has 0 radical (unpaired) electrons. The first-order valence-corrected chi connectivity index (χ1v) is 6.30. The van der Waals surface area contributed by atoms with Crippen LogP contribution in [0, 0.1) is 5.92 Å². The van der Waals surface area contributed by atoms with Crippen LogP contribution in [0.25, 0.3) is 0 Å². The Morgan fingerprint density at radius 1 is 1.24 bits per heavy atom. The van der Waals surface area contributed by atoms with Crippen molar-refractivity contribution in [3.63, 3.8) is 0 Å². The molecule has 1 aromatic rings. The Hall–Kier alpha value is -1.80. The lowest BCUT2D eigenvalue weighted by Gasteiger charge is -2.23. The van der Waals surface area contributed by atoms with Crippen LogP contribution in [0.15, 0.2) is 4.42 Å². The summed E-state index contributed by atoms with van der Waals surface area (Å²) in [7, 11) is 0. The number of carbonyl (C=O) groups excluding carboxylic acids is 1. The van der Waals surface area contributed by atoms with Crippen LogP contribution in [0.3, 0.4) is 0 Å². The van der Waals surface area contributed by atoms with Crippen molar-refractivity contribution in [3.05, 3.63) is 11.8 Å². The summed E-state index contributed by atoms with van der Waals surface area (Å²) in [5.41, 5.74) is -0.725. The van der Waals surface area contributed by atoms with Crippen LogP contribution in [0.5, 0.6) is 0 Å². The molecule has 120 valence electrons. The minimum Gasteiger partial charge on any atom is -0.444 e. The van der Waals surface area contributed by atoms with Gasteiger partial charge in [-0.15, -0.1) is 10.2 Å². The van der Waals surface area contributed by atoms with Gasteiger partial charge in [0.05, 0.1) is 0 Å². The molecule has 9 heteroatoms. The van der Waals surface area contributed by atoms with Crippen LogP contribution in [-0.4, -0.2) is 21.9 Å². The maximum Gasteiger partial charge on any atom is 0.470 e. The molecule has 1 amide bonds. The second-order valence-corrected chi connectivity index (χ2v) is 5.81. The van der Waals surface area contributed by atoms with E-state index in [1.165, 1.54) is 0 Å². The zero-order chi connectivity index (χ0) is 16.4. The summed E-state index contributed by atoms with van der Waals surface area (Å²) in [5, 5.41) is 8.71. The number of carbonyl (C=O) groups is 1. The molecule has 1 atom stereocenters. The Morgan fingerprint density at radius 3 is 2.19 bits per heavy atom. The number of hydrogen-bond donors (Lipinski definition) is 1. The summed E-state index contributed by atoms with van der Waals surface area (Å²) in [6.07, 6.45) is -5.49. The van der Waals surface area contributed by atoms with Gasteiger partial charge in [0.2, 0.25) is 5.89 Å². The average Bonchev–Trinajstić information content (AvgIpc) is 2.71. The van der Waals surface area contributed by atoms with Crippen molar-refractivity contribution >= 4 is 6.09 Å². The van der Waals surface area contributed by atoms with E-state index in [0.29, 0.717) is 0 Å². The first-order valence-electron chi connectivity index (χ1n) is 6.30. The van der Waals surface area contributed by atoms with E-state index in [9.17, 15) is 18.0 Å². The average molecular weight is 309 g/mol. The lowest BCUT2D eigenvalue weighted by atomic mass is 10.1. The summed E-state index contributed by atoms with van der Waals surface area (Å²) < 4.78 is 47.0. The summed E-state index contributed by atoms with van der Waals surface area (Å²) >= 11 is 0. The molecule has 0 aliphatic carbocycles. The molecular weight excluding hydrogens is 291 g/mol. The molecule has 0 aliphatic heterocycles. The van der Waals surface area contributed by atoms with Crippen molar-refractivity contribution in [2.45, 2.75) is 52.4 Å². The van der Waals surface area contributed by atoms with Crippen LogP contribution in [0.4, 0.5) is 18.0 Å². The Bertz CT molecular complexity index is 492. The molecule has 0 unspecified atom stereocenters. The van der Waals surface area contributed by atoms with Gasteiger partial charge in [0.15, 0.2) is 0 Å². The Morgan fingerprint density at radius 2 is 1.81 bits per heavy atom. The monoisotopic (exact) mass is 309 g/mol. The van der Waals surface area contributed by atoms with Crippen molar-refractivity contribution < 1.29 is 27.1 Å². The third kappa shape index (κ3) is 5.24. The van der Waals surface area contributed by atoms with Gasteiger partial charge in [-0.1, -0.05) is 13.8 Å². The fraction of sp³-hybridized carbons (Fsp3) is 0.750. The van der Waals surface area contributed by atoms with Gasteiger partial charge in [-0.25, -0.2) is 4.79 Å². The molecule has 21 heavy (non-hydrogen) atoms. The van der Waals surface area contributed by atoms with E-state index in [-0.39, 0.29) is 11.8 Å². The molecule has 1 heterocycles. The van der Waals surface area contributed by atoms with Crippen LogP contribution >= 0.6 is 0 Å². The highest BCUT2D eigenvalue weighted by atomic mass is 19.4. The van der Waals surface area contributed by atoms with Crippen molar-refractivity contribution in [2.24, 2.45) is 5.92 Å². The van der Waals surface area contributed by atoms with Gasteiger partial charge in [0.1, 0.15) is 11.6 Å². The van der Waals surface area contributed by atoms with Gasteiger partial charge in [-0.2, -0.15) is 13.2 Å². The third-order valence-corrected chi connectivity index (χ3v) is 2.29. The first-order chi connectivity index (χ1) is 9.40. The second kappa shape index (κ2) is 5.90. The van der Waals surface area contributed by atoms with E-state index < -0.39 is 29.8 Å². The van der Waals surface area contributed by atoms with Crippen molar-refractivity contribution in [1.82, 2.24) is 15.5 Å². The van der Waals surface area contributed by atoms with Gasteiger partial charge >= 0.3 is 18.2 Å². The van der Waals surface area contributed by atoms with E-state index in [1.54, 1.807) is 34.6 Å². The lowest BCUT2D eigenvalue weighted by molar-refractivity contribution is -0.157. The highest BCUT2D eigenvalue weighted by molar-refractivity contribution is 5.68. The number of halogens is 3. The minimum absolute atomic E-state index is 0.265. The van der Waals surface area contributed by atoms with E-state index >= 15 is 0 Å². The molecule has 0 fully saturated rings. The minimum atomic E-state index is -4.72. The molecular formula is C12H18F3N3O3. The fourth-order valence-corrected chi connectivity index (χ4v) is 1.42. The predicted octanol–water partition coefficient (Wildman–Crippen LogP) is 3.31. The van der Waals surface area contributed by atoms with Gasteiger partial charge in [0, 0.05) is 0 Å². The standard InChI is InChI=1S/C12H18F3N3O3/c1-6(2)7(16-10(19)21-11(3,4)5)8-17-18-9(20-8)12(13,14)15/h6-7H,1-5H3,(H,16,19)/t7-/m0/s1. The molecule has 0 spiro atoms. The molecule has 1 rings (SSSR count). The number of nitrogens with zero attached hydrogens (tertiary/aromatic N) is 2. The normalized spacial score (nSPS) is 14.1. The zero-order valence-corrected chi connectivity index (χ0v) is 12.4. The zero-order valence-electron chi connectivity index (χ0n) is 12.4. The van der Waals surface area contributed by atoms with E-state index in [2.05, 4.69) is 19.9 Å². The summed E-state index contributed by atoms with van der Waals surface area (Å²) in [5.74, 6) is -2.03. The number of rotatable bonds is 3. The van der Waals surface area contributed by atoms with Gasteiger partial charge < -0.3 is 14.5 Å². The van der Waals surface area contributed by atoms with Gasteiger partial charge in [-0.05, 0) is 26.7 Å². The van der Waals surface area contributed by atoms with E-state index in [0.717, 1.165) is 0 Å². The second-order valence-electron chi connectivity index (χ2n) is 5.81. The molecule has 1 N–H and O–H groups in total. The third-order valence-electron chi connectivity index (χ3n) is 2.29. The number of hydrogen-bond acceptors (Lipinski definition) is 5. The number of alkyl halides is 3. The summed E-state index contributed by atoms with van der Waals surface area (Å²) in [4.78, 5) is 11.7. The van der Waals surface area contributed by atoms with Crippen molar-refractivity contribution in [2.75, 3.05) is 0 Å². The van der Waals surface area contributed by atoms with Gasteiger partial charge in [0.25, 0.3) is 0 Å². The number of alkyl carbamates (subject to hydrolysis) is 1. The molecule has 0 saturated heterocycles. The highest BCUT2D eigenvalue weighted by Gasteiger charge is 2.39. The highest BCUT2D eigenvalue weighted by Crippen LogP contribution is 2.30.